The largest absolute Gasteiger partial charge is 0.489 e. The Balaban J connectivity index is 1.76. The molecule has 1 fully saturated rings. The van der Waals surface area contributed by atoms with Gasteiger partial charge in [0.2, 0.25) is 0 Å². The number of nitrogens with two attached hydrogens (primary N) is 1. The van der Waals surface area contributed by atoms with Gasteiger partial charge in [0.05, 0.1) is 22.8 Å². The van der Waals surface area contributed by atoms with Crippen LogP contribution in [0.5, 0.6) is 5.75 Å². The van der Waals surface area contributed by atoms with Crippen LogP contribution < -0.4 is 21.1 Å². The van der Waals surface area contributed by atoms with E-state index in [-0.39, 0.29) is 10.9 Å². The van der Waals surface area contributed by atoms with Gasteiger partial charge in [0, 0.05) is 43.3 Å². The molecule has 1 saturated heterocycles. The summed E-state index contributed by atoms with van der Waals surface area (Å²) in [5.74, 6) is 1.59. The second kappa shape index (κ2) is 8.36. The summed E-state index contributed by atoms with van der Waals surface area (Å²) in [5.41, 5.74) is 7.97. The summed E-state index contributed by atoms with van der Waals surface area (Å²) in [6, 6.07) is 8.00. The molecule has 3 aromatic rings. The van der Waals surface area contributed by atoms with Gasteiger partial charge in [-0.1, -0.05) is 11.6 Å². The van der Waals surface area contributed by atoms with Crippen LogP contribution in [-0.4, -0.2) is 43.4 Å². The third-order valence-corrected chi connectivity index (χ3v) is 5.01. The van der Waals surface area contributed by atoms with Crippen molar-refractivity contribution < 1.29 is 13.9 Å². The zero-order valence-electron chi connectivity index (χ0n) is 15.8. The number of fused-ring (bicyclic) bond motifs is 1. The first-order valence-electron chi connectivity index (χ1n) is 9.21. The van der Waals surface area contributed by atoms with E-state index < -0.39 is 5.82 Å². The lowest BCUT2D eigenvalue weighted by Gasteiger charge is -2.26. The standard InChI is InChI=1S/C20H21ClFN5O2/c1-28-4-5-29-18-8-17-13(7-16(18)23)20(27-19(26-17)11-9-24-10-11)25-12-2-3-15(22)14(21)6-12/h2-3,6-8,11,24H,4-5,9-10,23H2,1H3,(H,25,26,27). The molecule has 0 amide bonds. The maximum absolute atomic E-state index is 13.5. The lowest BCUT2D eigenvalue weighted by Crippen LogP contribution is -2.40. The smallest absolute Gasteiger partial charge is 0.144 e. The Morgan fingerprint density at radius 1 is 1.24 bits per heavy atom. The van der Waals surface area contributed by atoms with Crippen LogP contribution in [0.3, 0.4) is 0 Å². The van der Waals surface area contributed by atoms with Crippen LogP contribution in [0.25, 0.3) is 10.9 Å². The second-order valence-corrected chi connectivity index (χ2v) is 7.20. The Bertz CT molecular complexity index is 1050. The summed E-state index contributed by atoms with van der Waals surface area (Å²) < 4.78 is 24.2. The Kier molecular flexibility index (Phi) is 5.66. The van der Waals surface area contributed by atoms with Crippen molar-refractivity contribution in [1.82, 2.24) is 15.3 Å². The number of benzene rings is 2. The molecule has 0 spiro atoms. The van der Waals surface area contributed by atoms with Crippen molar-refractivity contribution in [3.63, 3.8) is 0 Å². The maximum atomic E-state index is 13.5. The summed E-state index contributed by atoms with van der Waals surface area (Å²) >= 11 is 5.92. The molecule has 0 unspecified atom stereocenters. The highest BCUT2D eigenvalue weighted by Crippen LogP contribution is 2.34. The number of hydrogen-bond acceptors (Lipinski definition) is 7. The van der Waals surface area contributed by atoms with Gasteiger partial charge in [0.1, 0.15) is 29.8 Å². The average molecular weight is 418 g/mol. The first-order chi connectivity index (χ1) is 14.0. The van der Waals surface area contributed by atoms with Gasteiger partial charge in [-0.3, -0.25) is 0 Å². The summed E-state index contributed by atoms with van der Waals surface area (Å²) in [6.45, 7) is 2.48. The molecule has 0 radical (unpaired) electrons. The normalized spacial score (nSPS) is 14.0. The van der Waals surface area contributed by atoms with Crippen LogP contribution in [0.2, 0.25) is 5.02 Å². The fraction of sp³-hybridized carbons (Fsp3) is 0.300. The molecule has 2 heterocycles. The fourth-order valence-corrected chi connectivity index (χ4v) is 3.19. The summed E-state index contributed by atoms with van der Waals surface area (Å²) in [5, 5.41) is 7.21. The molecule has 1 aromatic heterocycles. The number of ether oxygens (including phenoxy) is 2. The molecular weight excluding hydrogens is 397 g/mol. The molecule has 29 heavy (non-hydrogen) atoms. The highest BCUT2D eigenvalue weighted by Gasteiger charge is 2.24. The first-order valence-corrected chi connectivity index (χ1v) is 9.58. The van der Waals surface area contributed by atoms with Crippen molar-refractivity contribution in [2.24, 2.45) is 0 Å². The van der Waals surface area contributed by atoms with E-state index in [1.165, 1.54) is 12.1 Å². The number of nitrogens with zero attached hydrogens (tertiary/aromatic N) is 2. The number of nitrogens with one attached hydrogen (secondary N) is 2. The predicted molar refractivity (Wildman–Crippen MR) is 112 cm³/mol. The lowest BCUT2D eigenvalue weighted by molar-refractivity contribution is 0.147. The SMILES string of the molecule is COCCOc1cc2nc(C3CNC3)nc(Nc3ccc(F)c(Cl)c3)c2cc1N. The average Bonchev–Trinajstić information content (AvgIpc) is 2.64. The zero-order chi connectivity index (χ0) is 20.4. The van der Waals surface area contributed by atoms with Crippen LogP contribution in [-0.2, 0) is 4.74 Å². The highest BCUT2D eigenvalue weighted by molar-refractivity contribution is 6.31. The van der Waals surface area contributed by atoms with Crippen LogP contribution in [0.1, 0.15) is 11.7 Å². The molecule has 9 heteroatoms. The summed E-state index contributed by atoms with van der Waals surface area (Å²) in [7, 11) is 1.61. The van der Waals surface area contributed by atoms with Gasteiger partial charge in [-0.25, -0.2) is 14.4 Å². The van der Waals surface area contributed by atoms with Crippen molar-refractivity contribution in [1.29, 1.82) is 0 Å². The van der Waals surface area contributed by atoms with Crippen molar-refractivity contribution in [2.75, 3.05) is 44.5 Å². The van der Waals surface area contributed by atoms with Crippen molar-refractivity contribution in [3.05, 3.63) is 47.0 Å². The number of nitrogen functional groups attached to an aromatic ring is 1. The van der Waals surface area contributed by atoms with Crippen molar-refractivity contribution in [2.45, 2.75) is 5.92 Å². The number of halogens is 2. The van der Waals surface area contributed by atoms with E-state index in [4.69, 9.17) is 36.8 Å². The minimum Gasteiger partial charge on any atom is -0.489 e. The Morgan fingerprint density at radius 2 is 2.07 bits per heavy atom. The molecule has 152 valence electrons. The van der Waals surface area contributed by atoms with Gasteiger partial charge in [0.15, 0.2) is 0 Å². The van der Waals surface area contributed by atoms with E-state index in [9.17, 15) is 4.39 Å². The van der Waals surface area contributed by atoms with Gasteiger partial charge < -0.3 is 25.8 Å². The van der Waals surface area contributed by atoms with Gasteiger partial charge in [-0.2, -0.15) is 0 Å². The van der Waals surface area contributed by atoms with Crippen LogP contribution >= 0.6 is 11.6 Å². The fourth-order valence-electron chi connectivity index (χ4n) is 3.01. The maximum Gasteiger partial charge on any atom is 0.144 e. The molecule has 7 nitrogen and oxygen atoms in total. The number of methoxy groups -OCH3 is 1. The van der Waals surface area contributed by atoms with E-state index in [1.807, 2.05) is 0 Å². The van der Waals surface area contributed by atoms with E-state index in [0.29, 0.717) is 41.7 Å². The number of anilines is 3. The Morgan fingerprint density at radius 3 is 2.76 bits per heavy atom. The van der Waals surface area contributed by atoms with Crippen LogP contribution in [0.15, 0.2) is 30.3 Å². The Hall–Kier alpha value is -2.68. The molecule has 0 bridgehead atoms. The van der Waals surface area contributed by atoms with E-state index in [0.717, 1.165) is 24.3 Å². The monoisotopic (exact) mass is 417 g/mol. The van der Waals surface area contributed by atoms with Gasteiger partial charge in [-0.15, -0.1) is 0 Å². The predicted octanol–water partition coefficient (Wildman–Crippen LogP) is 3.46. The zero-order valence-corrected chi connectivity index (χ0v) is 16.6. The molecule has 0 saturated carbocycles. The van der Waals surface area contributed by atoms with Crippen molar-refractivity contribution >= 4 is 39.7 Å². The summed E-state index contributed by atoms with van der Waals surface area (Å²) in [4.78, 5) is 9.42. The number of aromatic nitrogens is 2. The third-order valence-electron chi connectivity index (χ3n) is 4.72. The first kappa shape index (κ1) is 19.6. The quantitative estimate of drug-likeness (QED) is 0.400. The van der Waals surface area contributed by atoms with Gasteiger partial charge in [-0.05, 0) is 24.3 Å². The van der Waals surface area contributed by atoms with Crippen LogP contribution in [0.4, 0.5) is 21.6 Å². The molecule has 4 N–H and O–H groups in total. The summed E-state index contributed by atoms with van der Waals surface area (Å²) in [6.07, 6.45) is 0. The molecule has 4 rings (SSSR count). The van der Waals surface area contributed by atoms with Gasteiger partial charge in [0.25, 0.3) is 0 Å². The molecule has 0 atom stereocenters. The number of rotatable bonds is 7. The highest BCUT2D eigenvalue weighted by atomic mass is 35.5. The molecule has 1 aliphatic heterocycles. The second-order valence-electron chi connectivity index (χ2n) is 6.79. The number of hydrogen-bond donors (Lipinski definition) is 3. The van der Waals surface area contributed by atoms with Crippen molar-refractivity contribution in [3.8, 4) is 5.75 Å². The topological polar surface area (TPSA) is 94.3 Å². The Labute approximate surface area is 172 Å². The van der Waals surface area contributed by atoms with Gasteiger partial charge >= 0.3 is 0 Å². The lowest BCUT2D eigenvalue weighted by atomic mass is 10.0. The molecule has 0 aliphatic carbocycles. The minimum atomic E-state index is -0.479. The molecule has 2 aromatic carbocycles. The minimum absolute atomic E-state index is 0.0325. The third kappa shape index (κ3) is 4.19. The van der Waals surface area contributed by atoms with Crippen LogP contribution in [0, 0.1) is 5.82 Å². The van der Waals surface area contributed by atoms with E-state index >= 15 is 0 Å². The van der Waals surface area contributed by atoms with E-state index in [2.05, 4.69) is 10.6 Å². The molecular formula is C20H21ClFN5O2. The molecule has 1 aliphatic rings. The van der Waals surface area contributed by atoms with E-state index in [1.54, 1.807) is 25.3 Å².